The van der Waals surface area contributed by atoms with E-state index in [9.17, 15) is 9.90 Å². The van der Waals surface area contributed by atoms with Crippen LogP contribution in [0.25, 0.3) is 41.3 Å². The minimum atomic E-state index is 0. The molecule has 0 atom stereocenters. The van der Waals surface area contributed by atoms with Gasteiger partial charge < -0.3 is 5.11 Å². The molecule has 0 unspecified atom stereocenters. The molecule has 0 aliphatic heterocycles. The van der Waals surface area contributed by atoms with E-state index in [0.717, 1.165) is 48.7 Å². The number of benzene rings is 3. The molecule has 5 rings (SSSR count). The van der Waals surface area contributed by atoms with Crippen LogP contribution in [0.1, 0.15) is 100 Å². The van der Waals surface area contributed by atoms with Gasteiger partial charge in [-0.1, -0.05) is 27.7 Å². The number of carbonyl (C=O) groups is 1. The zero-order chi connectivity index (χ0) is 34.5. The molecule has 1 N–H and O–H groups in total. The first-order valence-electron chi connectivity index (χ1n) is 17.5. The molecule has 3 nitrogen and oxygen atoms in total. The third-order valence-corrected chi connectivity index (χ3v) is 11.7. The SMILES string of the molecule is CCC(CC)C(=O)/C=C(\O)C(CC)CC.[2H]c1cc2c([se]c3c(CC(C)C)cccc32)c(-c2[c-]c3ccccc3c(C(C)(C)C)c2)n1.[Ir]. The molecule has 253 valence electrons. The van der Waals surface area contributed by atoms with Gasteiger partial charge in [0.2, 0.25) is 0 Å². The average Bonchev–Trinajstić information content (AvgIpc) is 3.40. The molecule has 0 aliphatic rings. The van der Waals surface area contributed by atoms with Crippen molar-refractivity contribution in [2.45, 2.75) is 99.8 Å². The molecule has 2 heterocycles. The molecular formula is C42H52IrNO2Se-. The molecule has 5 heteroatoms. The molecule has 5 aromatic rings. The zero-order valence-electron chi connectivity index (χ0n) is 30.6. The predicted octanol–water partition coefficient (Wildman–Crippen LogP) is 11.4. The topological polar surface area (TPSA) is 50.2 Å². The van der Waals surface area contributed by atoms with Gasteiger partial charge in [0.15, 0.2) is 5.78 Å². The van der Waals surface area contributed by atoms with Gasteiger partial charge in [-0.15, -0.1) is 0 Å². The van der Waals surface area contributed by atoms with Crippen LogP contribution in [0.3, 0.4) is 0 Å². The van der Waals surface area contributed by atoms with Crippen LogP contribution in [-0.4, -0.2) is 30.4 Å². The van der Waals surface area contributed by atoms with Crippen LogP contribution in [0.2, 0.25) is 0 Å². The number of rotatable bonds is 10. The van der Waals surface area contributed by atoms with Crippen molar-refractivity contribution in [3.63, 3.8) is 0 Å². The summed E-state index contributed by atoms with van der Waals surface area (Å²) in [5.41, 5.74) is 4.71. The number of nitrogens with zero attached hydrogens (tertiary/aromatic N) is 1. The van der Waals surface area contributed by atoms with Crippen LogP contribution in [0.4, 0.5) is 0 Å². The van der Waals surface area contributed by atoms with Crippen LogP contribution < -0.4 is 0 Å². The van der Waals surface area contributed by atoms with Crippen molar-refractivity contribution in [3.05, 3.63) is 89.8 Å². The average molecular weight is 875 g/mol. The van der Waals surface area contributed by atoms with E-state index in [1.807, 2.05) is 33.8 Å². The van der Waals surface area contributed by atoms with Gasteiger partial charge >= 0.3 is 193 Å². The molecule has 0 fully saturated rings. The van der Waals surface area contributed by atoms with Gasteiger partial charge in [-0.05, 0) is 25.7 Å². The molecule has 0 saturated heterocycles. The summed E-state index contributed by atoms with van der Waals surface area (Å²) in [6.45, 7) is 19.4. The number of aliphatic hydroxyl groups is 1. The van der Waals surface area contributed by atoms with Gasteiger partial charge in [0.1, 0.15) is 0 Å². The van der Waals surface area contributed by atoms with E-state index in [-0.39, 0.29) is 63.4 Å². The Morgan fingerprint density at radius 1 is 0.915 bits per heavy atom. The normalized spacial score (nSPS) is 12.5. The summed E-state index contributed by atoms with van der Waals surface area (Å²) in [6.07, 6.45) is 6.32. The molecule has 47 heavy (non-hydrogen) atoms. The van der Waals surface area contributed by atoms with Crippen molar-refractivity contribution in [2.75, 3.05) is 0 Å². The van der Waals surface area contributed by atoms with E-state index in [2.05, 4.69) is 89.2 Å². The number of pyridine rings is 1. The second kappa shape index (κ2) is 17.2. The van der Waals surface area contributed by atoms with Crippen molar-refractivity contribution in [3.8, 4) is 11.3 Å². The summed E-state index contributed by atoms with van der Waals surface area (Å²) >= 11 is 0.174. The minimum absolute atomic E-state index is 0. The Balaban J connectivity index is 0.000000334. The number of hydrogen-bond acceptors (Lipinski definition) is 3. The molecule has 0 spiro atoms. The number of ketones is 1. The standard InChI is InChI=1S/C29H28NSe.C13H24O2.Ir/c1-18(2)15-20-10-8-12-23-24-13-14-30-26(28(24)31-27(20)23)21-16-19-9-6-7-11-22(19)25(17-21)29(3,4)5;1-5-10(6-2)12(14)9-13(15)11(7-3)8-4;/h6-14,17-18H,15H2,1-5H3;9-11,14H,5-8H2,1-4H3;/q-1;;/b;12-9-;/i14D;;. The maximum Gasteiger partial charge on any atom is 0 e. The summed E-state index contributed by atoms with van der Waals surface area (Å²) in [5, 5.41) is 14.6. The molecule has 0 amide bonds. The second-order valence-corrected chi connectivity index (χ2v) is 16.0. The summed E-state index contributed by atoms with van der Waals surface area (Å²) in [7, 11) is 0. The van der Waals surface area contributed by atoms with Crippen LogP contribution >= 0.6 is 0 Å². The number of aromatic nitrogens is 1. The van der Waals surface area contributed by atoms with E-state index in [0.29, 0.717) is 12.1 Å². The molecule has 0 saturated carbocycles. The number of allylic oxidation sites excluding steroid dienone is 2. The molecular weight excluding hydrogens is 822 g/mol. The van der Waals surface area contributed by atoms with Crippen LogP contribution in [0.5, 0.6) is 0 Å². The van der Waals surface area contributed by atoms with Gasteiger partial charge in [-0.25, -0.2) is 0 Å². The van der Waals surface area contributed by atoms with E-state index in [4.69, 9.17) is 6.35 Å². The summed E-state index contributed by atoms with van der Waals surface area (Å²) in [6, 6.07) is 23.0. The fourth-order valence-corrected chi connectivity index (χ4v) is 9.01. The van der Waals surface area contributed by atoms with E-state index < -0.39 is 0 Å². The van der Waals surface area contributed by atoms with Gasteiger partial charge in [0.05, 0.1) is 5.76 Å². The molecule has 0 aliphatic carbocycles. The Morgan fingerprint density at radius 3 is 2.15 bits per heavy atom. The van der Waals surface area contributed by atoms with Crippen molar-refractivity contribution in [1.29, 1.82) is 0 Å². The largest absolute Gasteiger partial charge is 0 e. The zero-order valence-corrected chi connectivity index (χ0v) is 33.7. The van der Waals surface area contributed by atoms with Crippen molar-refractivity contribution < 1.29 is 31.4 Å². The van der Waals surface area contributed by atoms with E-state index >= 15 is 0 Å². The Hall–Kier alpha value is -2.55. The smallest absolute Gasteiger partial charge is 0 e. The number of carbonyl (C=O) groups excluding carboxylic acids is 1. The van der Waals surface area contributed by atoms with Crippen LogP contribution in [-0.2, 0) is 36.7 Å². The summed E-state index contributed by atoms with van der Waals surface area (Å²) < 4.78 is 11.2. The number of fused-ring (bicyclic) bond motifs is 4. The van der Waals surface area contributed by atoms with Gasteiger partial charge in [-0.3, -0.25) is 4.79 Å². The summed E-state index contributed by atoms with van der Waals surface area (Å²) in [5.74, 6) is 1.17. The first-order valence-corrected chi connectivity index (χ1v) is 18.8. The van der Waals surface area contributed by atoms with Gasteiger partial charge in [0, 0.05) is 38.0 Å². The first-order chi connectivity index (χ1) is 22.3. The van der Waals surface area contributed by atoms with Crippen molar-refractivity contribution in [2.24, 2.45) is 17.8 Å². The molecule has 0 bridgehead atoms. The maximum absolute atomic E-state index is 11.7. The predicted molar refractivity (Wildman–Crippen MR) is 199 cm³/mol. The third kappa shape index (κ3) is 9.12. The van der Waals surface area contributed by atoms with E-state index in [1.54, 1.807) is 0 Å². The van der Waals surface area contributed by atoms with Crippen molar-refractivity contribution >= 4 is 50.4 Å². The minimum Gasteiger partial charge on any atom is 0 e. The summed E-state index contributed by atoms with van der Waals surface area (Å²) in [4.78, 5) is 16.5. The molecule has 2 aromatic heterocycles. The maximum atomic E-state index is 11.7. The second-order valence-electron chi connectivity index (χ2n) is 13.9. The molecule has 3 aromatic carbocycles. The fourth-order valence-electron chi connectivity index (χ4n) is 6.27. The third-order valence-electron chi connectivity index (χ3n) is 8.98. The first kappa shape index (κ1) is 37.3. The Labute approximate surface area is 303 Å². The molecule has 1 radical (unpaired) electrons. The Kier molecular flexibility index (Phi) is 13.6. The number of hydrogen-bond donors (Lipinski definition) is 1. The monoisotopic (exact) mass is 876 g/mol. The Bertz CT molecular complexity index is 1880. The quantitative estimate of drug-likeness (QED) is 0.0658. The van der Waals surface area contributed by atoms with Gasteiger partial charge in [0.25, 0.3) is 0 Å². The van der Waals surface area contributed by atoms with Gasteiger partial charge in [-0.2, -0.15) is 0 Å². The fraction of sp³-hybridized carbons (Fsp3) is 0.429. The van der Waals surface area contributed by atoms with Crippen LogP contribution in [0.15, 0.2) is 72.6 Å². The number of aliphatic hydroxyl groups excluding tert-OH is 1. The van der Waals surface area contributed by atoms with E-state index in [1.165, 1.54) is 41.9 Å². The van der Waals surface area contributed by atoms with Crippen molar-refractivity contribution in [1.82, 2.24) is 4.98 Å². The van der Waals surface area contributed by atoms with Crippen LogP contribution in [0, 0.1) is 23.8 Å². The Morgan fingerprint density at radius 2 is 1.53 bits per heavy atom.